The average Bonchev–Trinajstić information content (AvgIpc) is 2.68. The molecule has 114 valence electrons. The summed E-state index contributed by atoms with van der Waals surface area (Å²) < 4.78 is 18.2. The van der Waals surface area contributed by atoms with Crippen molar-refractivity contribution in [2.24, 2.45) is 0 Å². The molecule has 0 amide bonds. The van der Waals surface area contributed by atoms with Crippen LogP contribution in [0.3, 0.4) is 0 Å². The van der Waals surface area contributed by atoms with Gasteiger partial charge in [0.15, 0.2) is 0 Å². The third-order valence-corrected chi connectivity index (χ3v) is 4.87. The lowest BCUT2D eigenvalue weighted by Gasteiger charge is -2.32. The van der Waals surface area contributed by atoms with Gasteiger partial charge in [-0.15, -0.1) is 0 Å². The number of nitrogens with zero attached hydrogens (tertiary/aromatic N) is 1. The van der Waals surface area contributed by atoms with Crippen molar-refractivity contribution in [3.8, 4) is 0 Å². The van der Waals surface area contributed by atoms with Gasteiger partial charge in [-0.25, -0.2) is 0 Å². The molecule has 4 nitrogen and oxygen atoms in total. The van der Waals surface area contributed by atoms with Gasteiger partial charge in [0, 0.05) is 12.8 Å². The van der Waals surface area contributed by atoms with Crippen LogP contribution < -0.4 is 5.59 Å². The van der Waals surface area contributed by atoms with Crippen molar-refractivity contribution in [3.63, 3.8) is 0 Å². The maximum Gasteiger partial charge on any atom is 0.514 e. The number of ether oxygens (including phenoxy) is 1. The summed E-state index contributed by atoms with van der Waals surface area (Å²) in [5.74, 6) is 0. The van der Waals surface area contributed by atoms with Gasteiger partial charge >= 0.3 is 7.12 Å². The van der Waals surface area contributed by atoms with E-state index in [0.717, 1.165) is 30.6 Å². The van der Waals surface area contributed by atoms with Crippen LogP contribution in [0.4, 0.5) is 0 Å². The molecule has 2 aliphatic rings. The fraction of sp³-hybridized carbons (Fsp3) is 0.688. The number of pyridine rings is 1. The summed E-state index contributed by atoms with van der Waals surface area (Å²) in [6.45, 7) is 9.07. The van der Waals surface area contributed by atoms with Crippen molar-refractivity contribution >= 4 is 12.7 Å². The predicted molar refractivity (Wildman–Crippen MR) is 82.5 cm³/mol. The topological polar surface area (TPSA) is 40.6 Å². The molecule has 0 bridgehead atoms. The second kappa shape index (κ2) is 5.38. The molecule has 3 rings (SSSR count). The van der Waals surface area contributed by atoms with Crippen LogP contribution in [-0.4, -0.2) is 29.9 Å². The molecule has 3 heterocycles. The van der Waals surface area contributed by atoms with E-state index >= 15 is 0 Å². The highest BCUT2D eigenvalue weighted by Gasteiger charge is 2.53. The SMILES string of the molecule is CC1(C)OB(c2ncccc2C2CCCCO2)OC1(C)C. The Kier molecular flexibility index (Phi) is 3.84. The first kappa shape index (κ1) is 15.0. The van der Waals surface area contributed by atoms with Crippen LogP contribution in [-0.2, 0) is 14.0 Å². The Morgan fingerprint density at radius 1 is 1.14 bits per heavy atom. The fourth-order valence-corrected chi connectivity index (χ4v) is 2.84. The molecule has 0 saturated carbocycles. The zero-order chi connectivity index (χ0) is 15.1. The molecule has 2 saturated heterocycles. The third kappa shape index (κ3) is 2.74. The van der Waals surface area contributed by atoms with E-state index in [1.54, 1.807) is 6.20 Å². The van der Waals surface area contributed by atoms with Crippen molar-refractivity contribution in [3.05, 3.63) is 23.9 Å². The second-order valence-electron chi connectivity index (χ2n) is 6.92. The monoisotopic (exact) mass is 289 g/mol. The first-order chi connectivity index (χ1) is 9.91. The van der Waals surface area contributed by atoms with Gasteiger partial charge in [-0.3, -0.25) is 4.98 Å². The van der Waals surface area contributed by atoms with Crippen LogP contribution >= 0.6 is 0 Å². The number of hydrogen-bond acceptors (Lipinski definition) is 4. The molecule has 1 aromatic heterocycles. The smallest absolute Gasteiger partial charge is 0.398 e. The molecule has 1 aromatic rings. The first-order valence-corrected chi connectivity index (χ1v) is 7.83. The van der Waals surface area contributed by atoms with Crippen molar-refractivity contribution in [1.82, 2.24) is 4.98 Å². The van der Waals surface area contributed by atoms with Gasteiger partial charge in [0.2, 0.25) is 0 Å². The largest absolute Gasteiger partial charge is 0.514 e. The molecule has 1 unspecified atom stereocenters. The molecular weight excluding hydrogens is 265 g/mol. The van der Waals surface area contributed by atoms with Gasteiger partial charge in [0.1, 0.15) is 0 Å². The zero-order valence-corrected chi connectivity index (χ0v) is 13.4. The lowest BCUT2D eigenvalue weighted by molar-refractivity contribution is 0.00578. The number of hydrogen-bond donors (Lipinski definition) is 0. The second-order valence-corrected chi connectivity index (χ2v) is 6.92. The van der Waals surface area contributed by atoms with Crippen LogP contribution in [0, 0.1) is 0 Å². The molecule has 0 spiro atoms. The Morgan fingerprint density at radius 3 is 2.48 bits per heavy atom. The molecule has 0 N–H and O–H groups in total. The molecule has 2 fully saturated rings. The Morgan fingerprint density at radius 2 is 1.86 bits per heavy atom. The minimum atomic E-state index is -0.420. The summed E-state index contributed by atoms with van der Waals surface area (Å²) in [6.07, 6.45) is 5.29. The molecule has 21 heavy (non-hydrogen) atoms. The van der Waals surface area contributed by atoms with E-state index in [-0.39, 0.29) is 17.3 Å². The highest BCUT2D eigenvalue weighted by atomic mass is 16.7. The molecule has 0 aromatic carbocycles. The van der Waals surface area contributed by atoms with Crippen LogP contribution in [0.15, 0.2) is 18.3 Å². The molecular formula is C16H24BNO3. The Bertz CT molecular complexity index is 496. The molecule has 0 aliphatic carbocycles. The van der Waals surface area contributed by atoms with Gasteiger partial charge in [-0.2, -0.15) is 0 Å². The summed E-state index contributed by atoms with van der Waals surface area (Å²) in [7, 11) is -0.420. The Balaban J connectivity index is 1.89. The standard InChI is InChI=1S/C16H24BNO3/c1-15(2)16(3,4)21-17(20-15)14-12(8-7-10-18-14)13-9-5-6-11-19-13/h7-8,10,13H,5-6,9,11H2,1-4H3. The van der Waals surface area contributed by atoms with Crippen molar-refractivity contribution < 1.29 is 14.0 Å². The maximum absolute atomic E-state index is 6.14. The van der Waals surface area contributed by atoms with Gasteiger partial charge in [-0.1, -0.05) is 6.07 Å². The van der Waals surface area contributed by atoms with Crippen molar-refractivity contribution in [2.45, 2.75) is 64.3 Å². The van der Waals surface area contributed by atoms with E-state index in [4.69, 9.17) is 14.0 Å². The van der Waals surface area contributed by atoms with Crippen LogP contribution in [0.1, 0.15) is 58.6 Å². The third-order valence-electron chi connectivity index (χ3n) is 4.87. The minimum absolute atomic E-state index is 0.112. The van der Waals surface area contributed by atoms with E-state index in [1.165, 1.54) is 6.42 Å². The van der Waals surface area contributed by atoms with Gasteiger partial charge in [0.25, 0.3) is 0 Å². The van der Waals surface area contributed by atoms with E-state index < -0.39 is 7.12 Å². The Hall–Kier alpha value is -0.905. The first-order valence-electron chi connectivity index (χ1n) is 7.83. The van der Waals surface area contributed by atoms with Gasteiger partial charge < -0.3 is 14.0 Å². The lowest BCUT2D eigenvalue weighted by Crippen LogP contribution is -2.41. The summed E-state index contributed by atoms with van der Waals surface area (Å²) >= 11 is 0. The number of rotatable bonds is 2. The van der Waals surface area contributed by atoms with E-state index in [2.05, 4.69) is 38.7 Å². The van der Waals surface area contributed by atoms with Crippen LogP contribution in [0.2, 0.25) is 0 Å². The average molecular weight is 289 g/mol. The molecule has 5 heteroatoms. The molecule has 1 atom stereocenters. The van der Waals surface area contributed by atoms with E-state index in [9.17, 15) is 0 Å². The summed E-state index contributed by atoms with van der Waals surface area (Å²) in [5.41, 5.74) is 1.28. The maximum atomic E-state index is 6.14. The fourth-order valence-electron chi connectivity index (χ4n) is 2.84. The van der Waals surface area contributed by atoms with E-state index in [1.807, 2.05) is 6.07 Å². The van der Waals surface area contributed by atoms with Crippen molar-refractivity contribution in [1.29, 1.82) is 0 Å². The normalized spacial score (nSPS) is 27.8. The molecule has 2 aliphatic heterocycles. The Labute approximate surface area is 127 Å². The van der Waals surface area contributed by atoms with Crippen LogP contribution in [0.5, 0.6) is 0 Å². The molecule has 0 radical (unpaired) electrons. The van der Waals surface area contributed by atoms with Gasteiger partial charge in [-0.05, 0) is 58.6 Å². The minimum Gasteiger partial charge on any atom is -0.398 e. The zero-order valence-electron chi connectivity index (χ0n) is 13.4. The van der Waals surface area contributed by atoms with Crippen molar-refractivity contribution in [2.75, 3.05) is 6.61 Å². The lowest BCUT2D eigenvalue weighted by atomic mass is 9.78. The van der Waals surface area contributed by atoms with E-state index in [0.29, 0.717) is 0 Å². The summed E-state index contributed by atoms with van der Waals surface area (Å²) in [5, 5.41) is 0. The quantitative estimate of drug-likeness (QED) is 0.785. The highest BCUT2D eigenvalue weighted by molar-refractivity contribution is 6.61. The highest BCUT2D eigenvalue weighted by Crippen LogP contribution is 2.37. The van der Waals surface area contributed by atoms with Gasteiger partial charge in [0.05, 0.1) is 22.9 Å². The number of aromatic nitrogens is 1. The van der Waals surface area contributed by atoms with Crippen LogP contribution in [0.25, 0.3) is 0 Å². The summed E-state index contributed by atoms with van der Waals surface area (Å²) in [4.78, 5) is 4.54. The predicted octanol–water partition coefficient (Wildman–Crippen LogP) is 2.62. The summed E-state index contributed by atoms with van der Waals surface area (Å²) in [6, 6.07) is 4.05.